The maximum absolute atomic E-state index is 5.69. The summed E-state index contributed by atoms with van der Waals surface area (Å²) in [7, 11) is 0. The molecule has 0 aromatic heterocycles. The van der Waals surface area contributed by atoms with Crippen LogP contribution in [0.4, 0.5) is 0 Å². The van der Waals surface area contributed by atoms with Gasteiger partial charge in [-0.05, 0) is 110 Å². The van der Waals surface area contributed by atoms with Crippen molar-refractivity contribution in [2.45, 2.75) is 133 Å². The fourth-order valence-corrected chi connectivity index (χ4v) is 8.66. The molecule has 2 saturated carbocycles. The molecule has 4 heterocycles. The number of hydrogen-bond donors (Lipinski definition) is 0. The molecular weight excluding hydrogens is 857 g/mol. The van der Waals surface area contributed by atoms with Gasteiger partial charge in [0, 0.05) is 0 Å². The molecule has 6 aromatic rings. The fraction of sp³-hybridized carbons (Fsp3) is 0.333. The van der Waals surface area contributed by atoms with Crippen molar-refractivity contribution in [1.82, 2.24) is 0 Å². The van der Waals surface area contributed by atoms with Crippen molar-refractivity contribution in [2.75, 3.05) is 6.61 Å². The molecule has 0 N–H and O–H groups in total. The third kappa shape index (κ3) is 20.6. The Morgan fingerprint density at radius 2 is 0.671 bits per heavy atom. The smallest absolute Gasteiger partial charge is 0.114 e. The number of rotatable bonds is 6. The zero-order valence-electron chi connectivity index (χ0n) is 41.4. The molecule has 0 bridgehead atoms. The Balaban J connectivity index is 0.000000121. The summed E-state index contributed by atoms with van der Waals surface area (Å²) in [6.07, 6.45) is 37.9. The zero-order chi connectivity index (χ0) is 48.1. The van der Waals surface area contributed by atoms with E-state index in [9.17, 15) is 0 Å². The Labute approximate surface area is 420 Å². The molecule has 4 aliphatic heterocycles. The minimum Gasteiger partial charge on any atom is -0.370 e. The minimum absolute atomic E-state index is 0.258. The van der Waals surface area contributed by atoms with Gasteiger partial charge in [0.25, 0.3) is 0 Å². The van der Waals surface area contributed by atoms with Crippen molar-refractivity contribution in [3.05, 3.63) is 246 Å². The fourth-order valence-electron chi connectivity index (χ4n) is 8.66. The van der Waals surface area contributed by atoms with Crippen molar-refractivity contribution < 1.29 is 18.9 Å². The molecule has 8 aliphatic rings. The standard InChI is InChI=1S/C14H12O.C14H12.C8H8O.C8H8.C6H10O.C6H10.C5H8O.C5H8/c1-3-7-11(8-4-1)13-14(15-13)12-9-5-2-6-10-12;1-3-7-13(8-4-1)11-12-14-9-5-2-6-10-14;1-2-4-7(5-3-1)8-6-9-8;1-2-8-6-4-3-5-7-8;1-2-4-6-5(3-1)7-6;1-2-4-6-5-3-1;1-2-4-5(3-1)6-4;1-2-4-5-3-1/h1-10,13-14H;1-12H;1-5,8H,6H2;2-7H,1H2;5-6H,1-4H2;1-2H,3-6H2;4-5H,1-3H2;1-2H,3-5H2. The van der Waals surface area contributed by atoms with Crippen molar-refractivity contribution in [3.8, 4) is 0 Å². The summed E-state index contributed by atoms with van der Waals surface area (Å²) in [6, 6.07) is 61.7. The Bertz CT molecular complexity index is 2240. The third-order valence-corrected chi connectivity index (χ3v) is 13.0. The van der Waals surface area contributed by atoms with Gasteiger partial charge in [0.1, 0.15) is 18.3 Å². The number of benzene rings is 6. The Hall–Kier alpha value is -5.88. The number of allylic oxidation sites excluding steroid dienone is 4. The van der Waals surface area contributed by atoms with Crippen LogP contribution in [0.15, 0.2) is 213 Å². The molecule has 7 unspecified atom stereocenters. The summed E-state index contributed by atoms with van der Waals surface area (Å²) < 4.78 is 21.2. The van der Waals surface area contributed by atoms with E-state index in [0.29, 0.717) is 30.5 Å². The molecule has 0 spiro atoms. The van der Waals surface area contributed by atoms with Gasteiger partial charge < -0.3 is 18.9 Å². The van der Waals surface area contributed by atoms with Crippen molar-refractivity contribution >= 4 is 18.2 Å². The molecule has 364 valence electrons. The summed E-state index contributed by atoms with van der Waals surface area (Å²) in [5.74, 6) is 0. The highest BCUT2D eigenvalue weighted by molar-refractivity contribution is 5.69. The maximum atomic E-state index is 5.69. The van der Waals surface area contributed by atoms with E-state index < -0.39 is 0 Å². The lowest BCUT2D eigenvalue weighted by molar-refractivity contribution is 0.322. The SMILES string of the molecule is C(=Cc1ccccc1)c1ccccc1.C1=CCCC1.C1=CCCCC1.C1CC2OC2C1.C1CCC2OC2C1.C=Cc1ccccc1.c1ccc(C2CO2)cc1.c1ccc(C2OC2c2ccccc2)cc1. The highest BCUT2D eigenvalue weighted by atomic mass is 16.6. The minimum atomic E-state index is 0.258. The second kappa shape index (κ2) is 30.7. The molecule has 0 amide bonds. The average molecular weight is 933 g/mol. The predicted molar refractivity (Wildman–Crippen MR) is 293 cm³/mol. The predicted octanol–water partition coefficient (Wildman–Crippen LogP) is 17.6. The van der Waals surface area contributed by atoms with Crippen molar-refractivity contribution in [1.29, 1.82) is 0 Å². The first-order valence-corrected chi connectivity index (χ1v) is 26.2. The van der Waals surface area contributed by atoms with Crippen LogP contribution in [-0.2, 0) is 18.9 Å². The van der Waals surface area contributed by atoms with Gasteiger partial charge in [-0.3, -0.25) is 0 Å². The van der Waals surface area contributed by atoms with Gasteiger partial charge in [0.2, 0.25) is 0 Å². The molecule has 70 heavy (non-hydrogen) atoms. The van der Waals surface area contributed by atoms with E-state index in [1.165, 1.54) is 123 Å². The molecule has 4 saturated heterocycles. The second-order valence-electron chi connectivity index (χ2n) is 18.6. The van der Waals surface area contributed by atoms with Crippen LogP contribution < -0.4 is 0 Å². The Kier molecular flexibility index (Phi) is 22.8. The lowest BCUT2D eigenvalue weighted by atomic mass is 10.0. The molecule has 14 rings (SSSR count). The molecule has 6 fully saturated rings. The summed E-state index contributed by atoms with van der Waals surface area (Å²) in [6.45, 7) is 4.54. The molecule has 0 radical (unpaired) electrons. The van der Waals surface area contributed by atoms with Crippen LogP contribution in [0, 0.1) is 0 Å². The first-order chi connectivity index (χ1) is 34.7. The first-order valence-electron chi connectivity index (χ1n) is 26.2. The largest absolute Gasteiger partial charge is 0.370 e. The van der Waals surface area contributed by atoms with Crippen molar-refractivity contribution in [2.24, 2.45) is 0 Å². The summed E-state index contributed by atoms with van der Waals surface area (Å²) in [4.78, 5) is 0. The second-order valence-corrected chi connectivity index (χ2v) is 18.6. The van der Waals surface area contributed by atoms with Crippen LogP contribution in [0.1, 0.15) is 142 Å². The molecule has 4 aliphatic carbocycles. The maximum Gasteiger partial charge on any atom is 0.114 e. The van der Waals surface area contributed by atoms with Gasteiger partial charge in [-0.2, -0.15) is 0 Å². The normalized spacial score (nSPS) is 23.8. The summed E-state index contributed by atoms with van der Waals surface area (Å²) in [5, 5.41) is 0. The van der Waals surface area contributed by atoms with Crippen LogP contribution in [0.25, 0.3) is 18.2 Å². The van der Waals surface area contributed by atoms with Crippen LogP contribution in [0.3, 0.4) is 0 Å². The lowest BCUT2D eigenvalue weighted by Crippen LogP contribution is -2.00. The molecule has 6 aromatic carbocycles. The molecule has 4 heteroatoms. The van der Waals surface area contributed by atoms with Crippen LogP contribution >= 0.6 is 0 Å². The van der Waals surface area contributed by atoms with Gasteiger partial charge in [0.05, 0.1) is 31.0 Å². The Morgan fingerprint density at radius 1 is 0.343 bits per heavy atom. The van der Waals surface area contributed by atoms with E-state index in [1.807, 2.05) is 103 Å². The monoisotopic (exact) mass is 933 g/mol. The molecular formula is C66H76O4. The molecule has 4 nitrogen and oxygen atoms in total. The molecule has 7 atom stereocenters. The van der Waals surface area contributed by atoms with E-state index in [4.69, 9.17) is 18.9 Å². The summed E-state index contributed by atoms with van der Waals surface area (Å²) in [5.41, 5.74) is 7.48. The third-order valence-electron chi connectivity index (χ3n) is 13.0. The van der Waals surface area contributed by atoms with E-state index in [1.54, 1.807) is 0 Å². The topological polar surface area (TPSA) is 50.1 Å². The van der Waals surface area contributed by atoms with Crippen LogP contribution in [0.5, 0.6) is 0 Å². The average Bonchev–Trinajstić information content (AvgIpc) is 4.35. The number of epoxide rings is 4. The van der Waals surface area contributed by atoms with Gasteiger partial charge >= 0.3 is 0 Å². The van der Waals surface area contributed by atoms with Gasteiger partial charge in [-0.15, -0.1) is 0 Å². The zero-order valence-corrected chi connectivity index (χ0v) is 41.4. The van der Waals surface area contributed by atoms with E-state index in [-0.39, 0.29) is 12.2 Å². The number of fused-ring (bicyclic) bond motifs is 2. The van der Waals surface area contributed by atoms with Crippen LogP contribution in [0.2, 0.25) is 0 Å². The highest BCUT2D eigenvalue weighted by Gasteiger charge is 2.42. The van der Waals surface area contributed by atoms with Gasteiger partial charge in [-0.1, -0.05) is 244 Å². The highest BCUT2D eigenvalue weighted by Crippen LogP contribution is 2.50. The van der Waals surface area contributed by atoms with Gasteiger partial charge in [0.15, 0.2) is 0 Å². The number of hydrogen-bond acceptors (Lipinski definition) is 4. The first kappa shape index (κ1) is 52.0. The quantitative estimate of drug-likeness (QED) is 0.0949. The summed E-state index contributed by atoms with van der Waals surface area (Å²) >= 11 is 0. The lowest BCUT2D eigenvalue weighted by Gasteiger charge is -2.00. The van der Waals surface area contributed by atoms with E-state index >= 15 is 0 Å². The van der Waals surface area contributed by atoms with Gasteiger partial charge in [-0.25, -0.2) is 0 Å². The van der Waals surface area contributed by atoms with E-state index in [2.05, 4.69) is 128 Å². The van der Waals surface area contributed by atoms with Crippen molar-refractivity contribution in [3.63, 3.8) is 0 Å². The van der Waals surface area contributed by atoms with E-state index in [0.717, 1.165) is 6.61 Å². The number of ether oxygens (including phenoxy) is 4. The Morgan fingerprint density at radius 3 is 0.957 bits per heavy atom. The van der Waals surface area contributed by atoms with Crippen LogP contribution in [-0.4, -0.2) is 31.0 Å².